The summed E-state index contributed by atoms with van der Waals surface area (Å²) in [5, 5.41) is 10.8. The molecule has 1 N–H and O–H groups in total. The summed E-state index contributed by atoms with van der Waals surface area (Å²) in [5.74, 6) is 3.44. The van der Waals surface area contributed by atoms with Gasteiger partial charge in [-0.2, -0.15) is 0 Å². The molecule has 208 valence electrons. The fourth-order valence-corrected chi connectivity index (χ4v) is 6.71. The van der Waals surface area contributed by atoms with E-state index in [-0.39, 0.29) is 6.04 Å². The van der Waals surface area contributed by atoms with E-state index in [2.05, 4.69) is 19.7 Å². The Hall–Kier alpha value is -3.50. The Morgan fingerprint density at radius 3 is 2.65 bits per heavy atom. The normalized spacial score (nSPS) is 19.0. The van der Waals surface area contributed by atoms with Crippen molar-refractivity contribution >= 4 is 27.8 Å². The molecule has 10 heteroatoms. The Kier molecular flexibility index (Phi) is 6.47. The average Bonchev–Trinajstić information content (AvgIpc) is 3.89. The van der Waals surface area contributed by atoms with E-state index in [1.807, 2.05) is 36.5 Å². The van der Waals surface area contributed by atoms with Gasteiger partial charge in [0.1, 0.15) is 17.8 Å². The van der Waals surface area contributed by atoms with Gasteiger partial charge in [0.2, 0.25) is 5.95 Å². The number of anilines is 1. The quantitative estimate of drug-likeness (QED) is 0.263. The van der Waals surface area contributed by atoms with Crippen molar-refractivity contribution < 1.29 is 18.2 Å². The van der Waals surface area contributed by atoms with Gasteiger partial charge in [0.05, 0.1) is 25.2 Å². The standard InChI is InChI=1S/C30H33N5O4S/c1-38-21-8-7-20(28(11-21)39-2)16-34(15-18-3-4-18)30-33-32-17-35(30)27-10-9-22-23(27)13-29(40(36)37)24-12-26(19-5-6-19)31-14-25(22)24/h7-8,11-14,17-19,27H,3-6,9-10,15-16H2,1-2H3,(H,36,37). The second kappa shape index (κ2) is 10.2. The summed E-state index contributed by atoms with van der Waals surface area (Å²) in [6.45, 7) is 1.50. The second-order valence-electron chi connectivity index (χ2n) is 11.2. The van der Waals surface area contributed by atoms with Crippen LogP contribution in [0, 0.1) is 5.92 Å². The van der Waals surface area contributed by atoms with Gasteiger partial charge in [-0.25, -0.2) is 4.21 Å². The number of methoxy groups -OCH3 is 2. The molecule has 2 saturated carbocycles. The predicted molar refractivity (Wildman–Crippen MR) is 153 cm³/mol. The first kappa shape index (κ1) is 25.5. The molecule has 0 bridgehead atoms. The predicted octanol–water partition coefficient (Wildman–Crippen LogP) is 5.25. The van der Waals surface area contributed by atoms with E-state index in [1.54, 1.807) is 20.5 Å². The molecule has 2 heterocycles. The molecular formula is C30H33N5O4S. The lowest BCUT2D eigenvalue weighted by Gasteiger charge is -2.27. The van der Waals surface area contributed by atoms with Crippen LogP contribution >= 0.6 is 0 Å². The van der Waals surface area contributed by atoms with Crippen LogP contribution < -0.4 is 14.4 Å². The summed E-state index contributed by atoms with van der Waals surface area (Å²) < 4.78 is 36.1. The van der Waals surface area contributed by atoms with Gasteiger partial charge < -0.3 is 18.9 Å². The molecule has 0 aliphatic heterocycles. The third-order valence-electron chi connectivity index (χ3n) is 8.57. The third-order valence-corrected chi connectivity index (χ3v) is 9.28. The summed E-state index contributed by atoms with van der Waals surface area (Å²) in [5.41, 5.74) is 4.33. The SMILES string of the molecule is COc1ccc(CN(CC2CC2)c2nncn2C2CCc3c2cc(S(=O)O)c2cc(C4CC4)ncc32)c(OC)c1. The van der Waals surface area contributed by atoms with E-state index < -0.39 is 11.1 Å². The maximum absolute atomic E-state index is 12.5. The number of rotatable bonds is 10. The lowest BCUT2D eigenvalue weighted by atomic mass is 10.00. The van der Waals surface area contributed by atoms with Crippen LogP contribution in [-0.2, 0) is 24.0 Å². The van der Waals surface area contributed by atoms with Crippen LogP contribution in [0.4, 0.5) is 5.95 Å². The zero-order valence-corrected chi connectivity index (χ0v) is 23.6. The Morgan fingerprint density at radius 1 is 1.07 bits per heavy atom. The van der Waals surface area contributed by atoms with E-state index in [9.17, 15) is 8.76 Å². The monoisotopic (exact) mass is 559 g/mol. The first-order valence-electron chi connectivity index (χ1n) is 14.0. The van der Waals surface area contributed by atoms with Crippen LogP contribution in [0.5, 0.6) is 11.5 Å². The minimum Gasteiger partial charge on any atom is -0.497 e. The number of benzene rings is 2. The number of ether oxygens (including phenoxy) is 2. The molecule has 40 heavy (non-hydrogen) atoms. The van der Waals surface area contributed by atoms with E-state index >= 15 is 0 Å². The highest BCUT2D eigenvalue weighted by atomic mass is 32.2. The van der Waals surface area contributed by atoms with E-state index in [0.29, 0.717) is 23.3 Å². The van der Waals surface area contributed by atoms with Crippen LogP contribution in [0.2, 0.25) is 0 Å². The fourth-order valence-electron chi connectivity index (χ4n) is 6.13. The molecule has 2 fully saturated rings. The molecule has 3 aliphatic rings. The maximum Gasteiger partial charge on any atom is 0.227 e. The minimum atomic E-state index is -2.11. The molecular weight excluding hydrogens is 526 g/mol. The average molecular weight is 560 g/mol. The van der Waals surface area contributed by atoms with Crippen molar-refractivity contribution in [1.29, 1.82) is 0 Å². The van der Waals surface area contributed by atoms with Gasteiger partial charge in [-0.15, -0.1) is 10.2 Å². The van der Waals surface area contributed by atoms with Crippen molar-refractivity contribution in [2.75, 3.05) is 25.7 Å². The summed E-state index contributed by atoms with van der Waals surface area (Å²) in [7, 11) is 3.33. The van der Waals surface area contributed by atoms with Crippen molar-refractivity contribution in [1.82, 2.24) is 19.7 Å². The highest BCUT2D eigenvalue weighted by Crippen LogP contribution is 2.45. The van der Waals surface area contributed by atoms with Crippen molar-refractivity contribution in [3.8, 4) is 11.5 Å². The summed E-state index contributed by atoms with van der Waals surface area (Å²) in [6, 6.07) is 9.84. The zero-order valence-electron chi connectivity index (χ0n) is 22.7. The van der Waals surface area contributed by atoms with Crippen LogP contribution in [0.15, 0.2) is 47.8 Å². The number of pyridine rings is 1. The fraction of sp³-hybridized carbons (Fsp3) is 0.433. The maximum atomic E-state index is 12.5. The summed E-state index contributed by atoms with van der Waals surface area (Å²) >= 11 is -2.11. The number of fused-ring (bicyclic) bond motifs is 3. The van der Waals surface area contributed by atoms with E-state index in [1.165, 1.54) is 18.4 Å². The van der Waals surface area contributed by atoms with Crippen LogP contribution in [-0.4, -0.2) is 49.3 Å². The largest absolute Gasteiger partial charge is 0.497 e. The lowest BCUT2D eigenvalue weighted by Crippen LogP contribution is -2.29. The molecule has 2 unspecified atom stereocenters. The molecule has 3 aliphatic carbocycles. The summed E-state index contributed by atoms with van der Waals surface area (Å²) in [4.78, 5) is 7.50. The highest BCUT2D eigenvalue weighted by Gasteiger charge is 2.33. The third kappa shape index (κ3) is 4.62. The number of hydrogen-bond donors (Lipinski definition) is 1. The van der Waals surface area contributed by atoms with Gasteiger partial charge in [-0.3, -0.25) is 9.55 Å². The number of hydrogen-bond acceptors (Lipinski definition) is 7. The Labute approximate surface area is 235 Å². The zero-order chi connectivity index (χ0) is 27.4. The number of aryl methyl sites for hydroxylation is 1. The molecule has 0 radical (unpaired) electrons. The van der Waals surface area contributed by atoms with Crippen molar-refractivity contribution in [2.45, 2.75) is 61.9 Å². The highest BCUT2D eigenvalue weighted by molar-refractivity contribution is 7.79. The Bertz CT molecular complexity index is 1610. The Morgan fingerprint density at radius 2 is 1.93 bits per heavy atom. The van der Waals surface area contributed by atoms with Crippen molar-refractivity contribution in [2.24, 2.45) is 5.92 Å². The molecule has 0 spiro atoms. The molecule has 0 amide bonds. The van der Waals surface area contributed by atoms with Crippen molar-refractivity contribution in [3.63, 3.8) is 0 Å². The van der Waals surface area contributed by atoms with Gasteiger partial charge in [-0.05, 0) is 79.8 Å². The lowest BCUT2D eigenvalue weighted by molar-refractivity contribution is 0.390. The molecule has 2 aromatic heterocycles. The summed E-state index contributed by atoms with van der Waals surface area (Å²) in [6.07, 6.45) is 10.2. The molecule has 9 nitrogen and oxygen atoms in total. The van der Waals surface area contributed by atoms with E-state index in [0.717, 1.165) is 77.3 Å². The molecule has 2 aromatic carbocycles. The molecule has 0 saturated heterocycles. The van der Waals surface area contributed by atoms with Gasteiger partial charge in [0.15, 0.2) is 11.1 Å². The van der Waals surface area contributed by atoms with Gasteiger partial charge in [-0.1, -0.05) is 0 Å². The van der Waals surface area contributed by atoms with Crippen LogP contribution in [0.1, 0.15) is 66.4 Å². The number of nitrogens with zero attached hydrogens (tertiary/aromatic N) is 5. The Balaban J connectivity index is 1.27. The second-order valence-corrected chi connectivity index (χ2v) is 12.2. The van der Waals surface area contributed by atoms with Crippen LogP contribution in [0.25, 0.3) is 10.8 Å². The topological polar surface area (TPSA) is 103 Å². The number of aromatic nitrogens is 4. The van der Waals surface area contributed by atoms with Gasteiger partial charge in [0, 0.05) is 53.3 Å². The van der Waals surface area contributed by atoms with Crippen LogP contribution in [0.3, 0.4) is 0 Å². The van der Waals surface area contributed by atoms with Crippen molar-refractivity contribution in [3.05, 3.63) is 65.2 Å². The first-order valence-corrected chi connectivity index (χ1v) is 15.1. The van der Waals surface area contributed by atoms with E-state index in [4.69, 9.17) is 14.5 Å². The van der Waals surface area contributed by atoms with Gasteiger partial charge in [0.25, 0.3) is 0 Å². The smallest absolute Gasteiger partial charge is 0.227 e. The molecule has 2 atom stereocenters. The minimum absolute atomic E-state index is 0.0331. The van der Waals surface area contributed by atoms with Gasteiger partial charge >= 0.3 is 0 Å². The first-order chi connectivity index (χ1) is 19.5. The molecule has 7 rings (SSSR count). The molecule has 4 aromatic rings.